The molecule has 0 amide bonds. The van der Waals surface area contributed by atoms with Crippen molar-refractivity contribution in [3.05, 3.63) is 40.3 Å². The maximum atomic E-state index is 15.0. The van der Waals surface area contributed by atoms with Gasteiger partial charge in [-0.25, -0.2) is 4.79 Å². The molecule has 0 aliphatic heterocycles. The second-order valence-electron chi connectivity index (χ2n) is 15.8. The van der Waals surface area contributed by atoms with Crippen LogP contribution < -0.4 is 0 Å². The number of esters is 2. The van der Waals surface area contributed by atoms with Crippen molar-refractivity contribution in [2.45, 2.75) is 161 Å². The van der Waals surface area contributed by atoms with Gasteiger partial charge in [-0.1, -0.05) is 103 Å². The molecule has 0 aromatic carbocycles. The van der Waals surface area contributed by atoms with Gasteiger partial charge in [0.2, 0.25) is 0 Å². The van der Waals surface area contributed by atoms with Crippen molar-refractivity contribution < 1.29 is 43.7 Å². The molecular weight excluding hydrogens is 638 g/mol. The van der Waals surface area contributed by atoms with E-state index in [-0.39, 0.29) is 29.3 Å². The Balaban J connectivity index is 1.37. The van der Waals surface area contributed by atoms with Crippen LogP contribution in [0, 0.1) is 22.7 Å². The molecule has 2 fully saturated rings. The number of nitrogens with zero attached hydrogens (tertiary/aromatic N) is 1. The lowest BCUT2D eigenvalue weighted by atomic mass is 9.62. The molecule has 1 aromatic heterocycles. The summed E-state index contributed by atoms with van der Waals surface area (Å²) >= 11 is 0. The summed E-state index contributed by atoms with van der Waals surface area (Å²) in [5.74, 6) is -2.28. The van der Waals surface area contributed by atoms with E-state index in [1.54, 1.807) is 19.1 Å². The molecule has 2 saturated carbocycles. The molecule has 4 aliphatic rings. The van der Waals surface area contributed by atoms with Gasteiger partial charge < -0.3 is 29.3 Å². The molecule has 1 aromatic rings. The van der Waals surface area contributed by atoms with E-state index in [1.807, 2.05) is 27.7 Å². The fourth-order valence-corrected chi connectivity index (χ4v) is 9.78. The van der Waals surface area contributed by atoms with Crippen LogP contribution in [-0.4, -0.2) is 68.2 Å². The third-order valence-electron chi connectivity index (χ3n) is 12.6. The number of aliphatic hydroxyl groups excluding tert-OH is 2. The van der Waals surface area contributed by atoms with Crippen LogP contribution in [0.25, 0.3) is 0 Å². The number of Topliss-reactive ketones (excluding diaryl/α,β-unsaturated/α-hetero) is 1. The Morgan fingerprint density at radius 2 is 1.66 bits per heavy atom. The second kappa shape index (κ2) is 15.0. The Morgan fingerprint density at radius 3 is 2.28 bits per heavy atom. The minimum absolute atomic E-state index is 0.0740. The minimum atomic E-state index is -2.28. The van der Waals surface area contributed by atoms with E-state index in [4.69, 9.17) is 14.0 Å². The fraction of sp³-hybridized carbons (Fsp3) is 0.750. The van der Waals surface area contributed by atoms with Gasteiger partial charge in [-0.05, 0) is 50.2 Å². The zero-order chi connectivity index (χ0) is 36.5. The maximum absolute atomic E-state index is 15.0. The average Bonchev–Trinajstić information content (AvgIpc) is 3.33. The van der Waals surface area contributed by atoms with Crippen molar-refractivity contribution in [3.63, 3.8) is 0 Å². The number of rotatable bonds is 16. The van der Waals surface area contributed by atoms with E-state index in [2.05, 4.69) is 12.1 Å². The number of ether oxygens (including phenoxy) is 2. The third-order valence-corrected chi connectivity index (χ3v) is 12.6. The van der Waals surface area contributed by atoms with Crippen LogP contribution in [0.3, 0.4) is 0 Å². The van der Waals surface area contributed by atoms with E-state index in [0.717, 1.165) is 19.3 Å². The molecule has 1 spiro atoms. The Kier molecular flexibility index (Phi) is 11.6. The van der Waals surface area contributed by atoms with Crippen LogP contribution in [-0.2, 0) is 31.9 Å². The summed E-state index contributed by atoms with van der Waals surface area (Å²) in [5, 5.41) is 39.3. The van der Waals surface area contributed by atoms with Gasteiger partial charge in [0, 0.05) is 30.1 Å². The number of aryl methyl sites for hydroxylation is 2. The number of aromatic nitrogens is 1. The number of carbonyl (C=O) groups excluding carboxylic acids is 3. The zero-order valence-electron chi connectivity index (χ0n) is 31.0. The molecule has 50 heavy (non-hydrogen) atoms. The normalized spacial score (nSPS) is 32.5. The summed E-state index contributed by atoms with van der Waals surface area (Å²) in [6.07, 6.45) is 12.6. The summed E-state index contributed by atoms with van der Waals surface area (Å²) in [7, 11) is 0. The molecule has 7 atom stereocenters. The highest BCUT2D eigenvalue weighted by molar-refractivity contribution is 5.96. The molecule has 4 aliphatic carbocycles. The highest BCUT2D eigenvalue weighted by Gasteiger charge is 2.80. The van der Waals surface area contributed by atoms with Crippen molar-refractivity contribution >= 4 is 17.7 Å². The Hall–Kier alpha value is -2.82. The monoisotopic (exact) mass is 697 g/mol. The smallest absolute Gasteiger partial charge is 0.344 e. The summed E-state index contributed by atoms with van der Waals surface area (Å²) < 4.78 is 17.8. The maximum Gasteiger partial charge on any atom is 0.344 e. The summed E-state index contributed by atoms with van der Waals surface area (Å²) in [6, 6.07) is 0. The van der Waals surface area contributed by atoms with E-state index in [1.165, 1.54) is 38.5 Å². The zero-order valence-corrected chi connectivity index (χ0v) is 31.0. The van der Waals surface area contributed by atoms with Crippen LogP contribution in [0.15, 0.2) is 27.8 Å². The van der Waals surface area contributed by atoms with E-state index >= 15 is 0 Å². The topological polar surface area (TPSA) is 156 Å². The first kappa shape index (κ1) is 38.4. The molecule has 10 nitrogen and oxygen atoms in total. The number of aliphatic hydroxyl groups is 3. The van der Waals surface area contributed by atoms with Gasteiger partial charge in [0.25, 0.3) is 0 Å². The number of hydrogen-bond acceptors (Lipinski definition) is 10. The van der Waals surface area contributed by atoms with Gasteiger partial charge in [0.15, 0.2) is 23.2 Å². The highest BCUT2D eigenvalue weighted by atomic mass is 16.6. The molecule has 10 heteroatoms. The van der Waals surface area contributed by atoms with Gasteiger partial charge in [0.05, 0.1) is 17.7 Å². The summed E-state index contributed by atoms with van der Waals surface area (Å²) in [4.78, 5) is 42.0. The van der Waals surface area contributed by atoms with Gasteiger partial charge in [-0.15, -0.1) is 0 Å². The lowest BCUT2D eigenvalue weighted by molar-refractivity contribution is -0.184. The number of fused-ring (bicyclic) bond motifs is 3. The van der Waals surface area contributed by atoms with E-state index < -0.39 is 58.7 Å². The number of carbonyl (C=O) groups is 3. The molecule has 3 N–H and O–H groups in total. The largest absolute Gasteiger partial charge is 0.458 e. The molecule has 1 heterocycles. The SMILES string of the molecule is CCCCCCCCCCCC(=O)O[C@@]12CCC[C@]34C=C(C)[C@H](OC(=O)c5c(CC)noc5CC)[C@@]3(O)[C@H](O)C(CO)=C[C@H](C4=O)[C@@H]1C2(C)C. The van der Waals surface area contributed by atoms with Crippen LogP contribution in [0.4, 0.5) is 0 Å². The Labute approximate surface area is 297 Å². The standard InChI is InChI=1S/C40H59NO9/c1-7-10-11-12-13-14-15-16-17-19-30(43)49-39-21-18-20-38-23-25(4)35(48-36(46)31-28(8-2)41-50-29(31)9-3)40(38,47)33(44)26(24-42)22-27(34(38)45)32(39)37(39,5)6/h22-23,27,32-33,35,42,44,47H,7-21,24H2,1-6H3/t27-,32+,33+,35-,38+,39-,40-/m0/s1. The van der Waals surface area contributed by atoms with E-state index in [0.29, 0.717) is 49.1 Å². The molecular formula is C40H59NO9. The highest BCUT2D eigenvalue weighted by Crippen LogP contribution is 2.73. The fourth-order valence-electron chi connectivity index (χ4n) is 9.78. The number of unbranched alkanes of at least 4 members (excludes halogenated alkanes) is 8. The predicted molar refractivity (Wildman–Crippen MR) is 187 cm³/mol. The summed E-state index contributed by atoms with van der Waals surface area (Å²) in [5.41, 5.74) is -4.23. The lowest BCUT2D eigenvalue weighted by Gasteiger charge is -2.46. The first-order chi connectivity index (χ1) is 23.8. The van der Waals surface area contributed by atoms with Gasteiger partial charge in [-0.2, -0.15) is 0 Å². The van der Waals surface area contributed by atoms with Crippen LogP contribution >= 0.6 is 0 Å². The Morgan fingerprint density at radius 1 is 1.00 bits per heavy atom. The molecule has 0 radical (unpaired) electrons. The van der Waals surface area contributed by atoms with Crippen LogP contribution in [0.1, 0.15) is 147 Å². The quantitative estimate of drug-likeness (QED) is 0.0987. The predicted octanol–water partition coefficient (Wildman–Crippen LogP) is 6.52. The van der Waals surface area contributed by atoms with Crippen molar-refractivity contribution in [3.8, 4) is 0 Å². The molecule has 278 valence electrons. The van der Waals surface area contributed by atoms with Gasteiger partial charge in [-0.3, -0.25) is 9.59 Å². The van der Waals surface area contributed by atoms with Crippen LogP contribution in [0.2, 0.25) is 0 Å². The van der Waals surface area contributed by atoms with Crippen molar-refractivity contribution in [2.75, 3.05) is 6.61 Å². The Bertz CT molecular complexity index is 1470. The van der Waals surface area contributed by atoms with Crippen molar-refractivity contribution in [1.82, 2.24) is 5.16 Å². The van der Waals surface area contributed by atoms with Gasteiger partial charge >= 0.3 is 11.9 Å². The number of hydrogen-bond donors (Lipinski definition) is 3. The average molecular weight is 698 g/mol. The second-order valence-corrected chi connectivity index (χ2v) is 15.8. The molecule has 0 saturated heterocycles. The van der Waals surface area contributed by atoms with Crippen LogP contribution in [0.5, 0.6) is 0 Å². The molecule has 0 unspecified atom stereocenters. The third kappa shape index (κ3) is 6.21. The first-order valence-corrected chi connectivity index (χ1v) is 19.2. The molecule has 5 rings (SSSR count). The summed E-state index contributed by atoms with van der Waals surface area (Å²) in [6.45, 7) is 11.0. The minimum Gasteiger partial charge on any atom is -0.458 e. The van der Waals surface area contributed by atoms with Crippen molar-refractivity contribution in [2.24, 2.45) is 22.7 Å². The van der Waals surface area contributed by atoms with Gasteiger partial charge in [0.1, 0.15) is 17.3 Å². The number of ketones is 1. The lowest BCUT2D eigenvalue weighted by Crippen LogP contribution is -2.64. The van der Waals surface area contributed by atoms with Crippen molar-refractivity contribution in [1.29, 1.82) is 0 Å². The number of allylic oxidation sites excluding steroid dienone is 1. The molecule has 2 bridgehead atoms. The van der Waals surface area contributed by atoms with E-state index in [9.17, 15) is 29.7 Å². The first-order valence-electron chi connectivity index (χ1n) is 19.2.